The number of benzene rings is 1. The Morgan fingerprint density at radius 2 is 1.84 bits per heavy atom. The molecule has 0 bridgehead atoms. The third kappa shape index (κ3) is 7.86. The molecule has 1 rings (SSSR count). The first kappa shape index (κ1) is 16.9. The van der Waals surface area contributed by atoms with E-state index >= 15 is 0 Å². The maximum Gasteiger partial charge on any atom is 0.0406 e. The van der Waals surface area contributed by atoms with Crippen LogP contribution in [0.3, 0.4) is 0 Å². The lowest BCUT2D eigenvalue weighted by molar-refractivity contribution is 0.456. The number of hydrogen-bond acceptors (Lipinski definition) is 2. The molecule has 3 heteroatoms. The lowest BCUT2D eigenvalue weighted by Crippen LogP contribution is -2.32. The van der Waals surface area contributed by atoms with Gasteiger partial charge in [0.2, 0.25) is 0 Å². The van der Waals surface area contributed by atoms with Crippen LogP contribution in [0.5, 0.6) is 0 Å². The van der Waals surface area contributed by atoms with Gasteiger partial charge in [0.05, 0.1) is 0 Å². The van der Waals surface area contributed by atoms with Gasteiger partial charge in [0, 0.05) is 21.7 Å². The van der Waals surface area contributed by atoms with Crippen LogP contribution >= 0.6 is 23.4 Å². The Morgan fingerprint density at radius 3 is 2.42 bits per heavy atom. The standard InChI is InChI=1S/C16H26ClNS/c1-4-11-18-15(8-5-13(2)3)12-19-16-9-6-14(17)7-10-16/h6-7,9-10,13,15,18H,4-5,8,11-12H2,1-3H3. The Hall–Kier alpha value is -0.180. The Morgan fingerprint density at radius 1 is 1.16 bits per heavy atom. The number of thioether (sulfide) groups is 1. The van der Waals surface area contributed by atoms with Gasteiger partial charge in [0.15, 0.2) is 0 Å². The van der Waals surface area contributed by atoms with E-state index < -0.39 is 0 Å². The van der Waals surface area contributed by atoms with Crippen molar-refractivity contribution < 1.29 is 0 Å². The molecule has 0 saturated carbocycles. The van der Waals surface area contributed by atoms with E-state index in [-0.39, 0.29) is 0 Å². The van der Waals surface area contributed by atoms with E-state index in [2.05, 4.69) is 38.2 Å². The second-order valence-corrected chi connectivity index (χ2v) is 6.92. The average Bonchev–Trinajstić information content (AvgIpc) is 2.39. The second-order valence-electron chi connectivity index (χ2n) is 5.39. The zero-order valence-electron chi connectivity index (χ0n) is 12.3. The maximum atomic E-state index is 5.91. The zero-order chi connectivity index (χ0) is 14.1. The first-order valence-corrected chi connectivity index (χ1v) is 8.60. The molecule has 0 aliphatic heterocycles. The van der Waals surface area contributed by atoms with E-state index in [0.717, 1.165) is 23.2 Å². The largest absolute Gasteiger partial charge is 0.313 e. The minimum Gasteiger partial charge on any atom is -0.313 e. The molecular weight excluding hydrogens is 274 g/mol. The smallest absolute Gasteiger partial charge is 0.0406 e. The van der Waals surface area contributed by atoms with Gasteiger partial charge in [-0.1, -0.05) is 32.4 Å². The van der Waals surface area contributed by atoms with E-state index in [1.165, 1.54) is 24.2 Å². The molecule has 0 heterocycles. The van der Waals surface area contributed by atoms with Crippen LogP contribution in [-0.4, -0.2) is 18.3 Å². The summed E-state index contributed by atoms with van der Waals surface area (Å²) in [4.78, 5) is 1.30. The van der Waals surface area contributed by atoms with Crippen molar-refractivity contribution in [2.45, 2.75) is 51.0 Å². The molecule has 0 amide bonds. The highest BCUT2D eigenvalue weighted by molar-refractivity contribution is 7.99. The third-order valence-electron chi connectivity index (χ3n) is 3.04. The molecule has 1 N–H and O–H groups in total. The molecule has 0 aliphatic carbocycles. The monoisotopic (exact) mass is 299 g/mol. The van der Waals surface area contributed by atoms with Crippen molar-refractivity contribution in [3.8, 4) is 0 Å². The molecule has 1 aromatic rings. The molecular formula is C16H26ClNS. The molecule has 0 aliphatic rings. The minimum atomic E-state index is 0.614. The molecule has 0 fully saturated rings. The predicted octanol–water partition coefficient (Wildman–Crippen LogP) is 5.24. The van der Waals surface area contributed by atoms with E-state index in [1.54, 1.807) is 0 Å². The Kier molecular flexibility index (Phi) is 8.60. The fourth-order valence-corrected chi connectivity index (χ4v) is 2.99. The summed E-state index contributed by atoms with van der Waals surface area (Å²) in [5.74, 6) is 1.92. The summed E-state index contributed by atoms with van der Waals surface area (Å²) in [6, 6.07) is 8.75. The normalized spacial score (nSPS) is 12.9. The first-order chi connectivity index (χ1) is 9.11. The van der Waals surface area contributed by atoms with Gasteiger partial charge in [-0.05, 0) is 56.0 Å². The van der Waals surface area contributed by atoms with E-state index in [0.29, 0.717) is 6.04 Å². The average molecular weight is 300 g/mol. The minimum absolute atomic E-state index is 0.614. The van der Waals surface area contributed by atoms with Crippen molar-refractivity contribution in [2.24, 2.45) is 5.92 Å². The van der Waals surface area contributed by atoms with Gasteiger partial charge in [-0.25, -0.2) is 0 Å². The number of nitrogens with one attached hydrogen (secondary N) is 1. The Bertz CT molecular complexity index is 337. The van der Waals surface area contributed by atoms with Crippen LogP contribution in [0.25, 0.3) is 0 Å². The Labute approximate surface area is 127 Å². The van der Waals surface area contributed by atoms with Crippen LogP contribution < -0.4 is 5.32 Å². The topological polar surface area (TPSA) is 12.0 Å². The van der Waals surface area contributed by atoms with Gasteiger partial charge in [0.25, 0.3) is 0 Å². The molecule has 1 aromatic carbocycles. The summed E-state index contributed by atoms with van der Waals surface area (Å²) in [7, 11) is 0. The van der Waals surface area contributed by atoms with Crippen molar-refractivity contribution in [3.63, 3.8) is 0 Å². The maximum absolute atomic E-state index is 5.91. The molecule has 19 heavy (non-hydrogen) atoms. The number of hydrogen-bond donors (Lipinski definition) is 1. The van der Waals surface area contributed by atoms with Gasteiger partial charge in [-0.3, -0.25) is 0 Å². The highest BCUT2D eigenvalue weighted by Crippen LogP contribution is 2.22. The van der Waals surface area contributed by atoms with E-state index in [1.807, 2.05) is 23.9 Å². The summed E-state index contributed by atoms with van der Waals surface area (Å²) in [6.45, 7) is 7.93. The molecule has 0 radical (unpaired) electrons. The molecule has 0 saturated heterocycles. The van der Waals surface area contributed by atoms with Crippen LogP contribution in [0.4, 0.5) is 0 Å². The van der Waals surface area contributed by atoms with Crippen molar-refractivity contribution >= 4 is 23.4 Å². The van der Waals surface area contributed by atoms with Crippen LogP contribution in [-0.2, 0) is 0 Å². The summed E-state index contributed by atoms with van der Waals surface area (Å²) in [6.07, 6.45) is 3.75. The molecule has 1 unspecified atom stereocenters. The van der Waals surface area contributed by atoms with Crippen LogP contribution in [0.2, 0.25) is 5.02 Å². The number of rotatable bonds is 9. The predicted molar refractivity (Wildman–Crippen MR) is 88.3 cm³/mol. The van der Waals surface area contributed by atoms with Crippen molar-refractivity contribution in [2.75, 3.05) is 12.3 Å². The molecule has 0 spiro atoms. The van der Waals surface area contributed by atoms with Crippen molar-refractivity contribution in [1.29, 1.82) is 0 Å². The fraction of sp³-hybridized carbons (Fsp3) is 0.625. The van der Waals surface area contributed by atoms with Gasteiger partial charge >= 0.3 is 0 Å². The van der Waals surface area contributed by atoms with Gasteiger partial charge in [-0.15, -0.1) is 11.8 Å². The number of halogens is 1. The zero-order valence-corrected chi connectivity index (χ0v) is 13.9. The summed E-state index contributed by atoms with van der Waals surface area (Å²) in [5, 5.41) is 4.47. The van der Waals surface area contributed by atoms with Crippen LogP contribution in [0, 0.1) is 5.92 Å². The molecule has 108 valence electrons. The van der Waals surface area contributed by atoms with Crippen molar-refractivity contribution in [1.82, 2.24) is 5.32 Å². The van der Waals surface area contributed by atoms with Crippen LogP contribution in [0.1, 0.15) is 40.0 Å². The Balaban J connectivity index is 2.39. The fourth-order valence-electron chi connectivity index (χ4n) is 1.85. The van der Waals surface area contributed by atoms with Gasteiger partial charge < -0.3 is 5.32 Å². The second kappa shape index (κ2) is 9.68. The SMILES string of the molecule is CCCNC(CCC(C)C)CSc1ccc(Cl)cc1. The lowest BCUT2D eigenvalue weighted by atomic mass is 10.0. The molecule has 0 aromatic heterocycles. The summed E-state index contributed by atoms with van der Waals surface area (Å²) < 4.78 is 0. The third-order valence-corrected chi connectivity index (χ3v) is 4.47. The van der Waals surface area contributed by atoms with E-state index in [9.17, 15) is 0 Å². The quantitative estimate of drug-likeness (QED) is 0.626. The highest BCUT2D eigenvalue weighted by Gasteiger charge is 2.09. The van der Waals surface area contributed by atoms with Gasteiger partial charge in [0.1, 0.15) is 0 Å². The summed E-state index contributed by atoms with van der Waals surface area (Å²) >= 11 is 7.82. The first-order valence-electron chi connectivity index (χ1n) is 7.23. The van der Waals surface area contributed by atoms with Crippen molar-refractivity contribution in [3.05, 3.63) is 29.3 Å². The van der Waals surface area contributed by atoms with Crippen LogP contribution in [0.15, 0.2) is 29.2 Å². The highest BCUT2D eigenvalue weighted by atomic mass is 35.5. The molecule has 1 atom stereocenters. The lowest BCUT2D eigenvalue weighted by Gasteiger charge is -2.19. The van der Waals surface area contributed by atoms with Gasteiger partial charge in [-0.2, -0.15) is 0 Å². The summed E-state index contributed by atoms with van der Waals surface area (Å²) in [5.41, 5.74) is 0. The van der Waals surface area contributed by atoms with E-state index in [4.69, 9.17) is 11.6 Å². The molecule has 1 nitrogen and oxygen atoms in total.